The van der Waals surface area contributed by atoms with Crippen LogP contribution >= 0.6 is 11.6 Å². The molecular weight excluding hydrogens is 398 g/mol. The number of halogens is 5. The lowest BCUT2D eigenvalue weighted by molar-refractivity contribution is -0.138. The van der Waals surface area contributed by atoms with Crippen molar-refractivity contribution in [2.45, 2.75) is 6.18 Å². The van der Waals surface area contributed by atoms with Gasteiger partial charge in [-0.1, -0.05) is 29.8 Å². The summed E-state index contributed by atoms with van der Waals surface area (Å²) in [5.74, 6) is -2.75. The molecule has 0 fully saturated rings. The molecule has 0 bridgehead atoms. The molecule has 0 unspecified atom stereocenters. The van der Waals surface area contributed by atoms with Gasteiger partial charge in [-0.25, -0.2) is 17.5 Å². The minimum Gasteiger partial charge on any atom is -0.268 e. The number of hydrogen-bond donors (Lipinski definition) is 1. The maximum atomic E-state index is 13.1. The molecule has 26 heavy (non-hydrogen) atoms. The zero-order valence-corrected chi connectivity index (χ0v) is 14.3. The fourth-order valence-electron chi connectivity index (χ4n) is 1.94. The lowest BCUT2D eigenvalue weighted by Gasteiger charge is -2.12. The molecule has 0 radical (unpaired) electrons. The molecule has 0 saturated heterocycles. The number of alkyl halides is 3. The maximum Gasteiger partial charge on any atom is 0.417 e. The van der Waals surface area contributed by atoms with E-state index in [0.29, 0.717) is 23.1 Å². The average molecular weight is 408 g/mol. The summed E-state index contributed by atoms with van der Waals surface area (Å²) in [5.41, 5.74) is -2.28. The number of rotatable bonds is 4. The van der Waals surface area contributed by atoms with Gasteiger partial charge in [-0.2, -0.15) is 13.2 Å². The van der Waals surface area contributed by atoms with Gasteiger partial charge in [-0.3, -0.25) is 4.79 Å². The molecule has 0 spiro atoms. The Morgan fingerprint density at radius 2 is 1.77 bits per heavy atom. The lowest BCUT2D eigenvalue weighted by atomic mass is 10.1. The molecule has 10 heteroatoms. The van der Waals surface area contributed by atoms with Crippen LogP contribution in [0.15, 0.2) is 47.9 Å². The Labute approximate surface area is 151 Å². The average Bonchev–Trinajstić information content (AvgIpc) is 2.52. The van der Waals surface area contributed by atoms with Crippen LogP contribution < -0.4 is 4.72 Å². The van der Waals surface area contributed by atoms with Crippen molar-refractivity contribution in [1.82, 2.24) is 4.72 Å². The molecule has 0 heterocycles. The fraction of sp³-hybridized carbons (Fsp3) is 0.0625. The minimum absolute atomic E-state index is 0.112. The van der Waals surface area contributed by atoms with E-state index >= 15 is 0 Å². The van der Waals surface area contributed by atoms with Crippen LogP contribution in [0.2, 0.25) is 5.02 Å². The van der Waals surface area contributed by atoms with E-state index in [0.717, 1.165) is 6.08 Å². The predicted octanol–water partition coefficient (Wildman–Crippen LogP) is 4.23. The van der Waals surface area contributed by atoms with Crippen LogP contribution in [-0.4, -0.2) is 14.3 Å². The van der Waals surface area contributed by atoms with Crippen LogP contribution in [0, 0.1) is 5.82 Å². The van der Waals surface area contributed by atoms with Crippen LogP contribution in [0.4, 0.5) is 17.6 Å². The third-order valence-electron chi connectivity index (χ3n) is 3.10. The first-order valence-electron chi connectivity index (χ1n) is 6.86. The van der Waals surface area contributed by atoms with Crippen LogP contribution in [0.3, 0.4) is 0 Å². The van der Waals surface area contributed by atoms with Crippen LogP contribution in [0.1, 0.15) is 21.5 Å². The van der Waals surface area contributed by atoms with Gasteiger partial charge in [0.15, 0.2) is 0 Å². The van der Waals surface area contributed by atoms with Crippen LogP contribution in [0.25, 0.3) is 6.08 Å². The van der Waals surface area contributed by atoms with E-state index in [4.69, 9.17) is 11.6 Å². The van der Waals surface area contributed by atoms with Gasteiger partial charge in [0, 0.05) is 5.02 Å². The molecule has 138 valence electrons. The van der Waals surface area contributed by atoms with Crippen molar-refractivity contribution >= 4 is 33.6 Å². The van der Waals surface area contributed by atoms with Crippen molar-refractivity contribution in [3.8, 4) is 0 Å². The largest absolute Gasteiger partial charge is 0.417 e. The molecule has 0 aliphatic heterocycles. The van der Waals surface area contributed by atoms with Crippen molar-refractivity contribution in [2.75, 3.05) is 0 Å². The van der Waals surface area contributed by atoms with E-state index < -0.39 is 39.1 Å². The number of hydrogen-bond acceptors (Lipinski definition) is 3. The number of carbonyl (C=O) groups is 1. The molecule has 1 N–H and O–H groups in total. The van der Waals surface area contributed by atoms with Gasteiger partial charge in [-0.15, -0.1) is 0 Å². The Morgan fingerprint density at radius 3 is 2.38 bits per heavy atom. The summed E-state index contributed by atoms with van der Waals surface area (Å²) >= 11 is 5.85. The quantitative estimate of drug-likeness (QED) is 0.771. The van der Waals surface area contributed by atoms with Crippen molar-refractivity contribution in [3.63, 3.8) is 0 Å². The molecule has 0 aromatic heterocycles. The topological polar surface area (TPSA) is 63.2 Å². The number of sulfonamides is 1. The van der Waals surface area contributed by atoms with Gasteiger partial charge in [0.1, 0.15) is 5.82 Å². The smallest absolute Gasteiger partial charge is 0.268 e. The van der Waals surface area contributed by atoms with Crippen LogP contribution in [0.5, 0.6) is 0 Å². The highest BCUT2D eigenvalue weighted by Crippen LogP contribution is 2.32. The van der Waals surface area contributed by atoms with E-state index in [1.54, 1.807) is 12.1 Å². The van der Waals surface area contributed by atoms with E-state index in [1.807, 2.05) is 0 Å². The van der Waals surface area contributed by atoms with Gasteiger partial charge in [0.05, 0.1) is 16.5 Å². The minimum atomic E-state index is -5.04. The second kappa shape index (κ2) is 7.46. The number of nitrogens with one attached hydrogen (secondary N) is 1. The molecule has 1 amide bonds. The standard InChI is InChI=1S/C16H10ClF4NO3S/c17-14-4-2-1-3-10(14)7-8-26(24,25)22-15(23)12-6-5-11(18)9-13(12)16(19,20)21/h1-9H,(H,22,23)/b8-7+. The Hall–Kier alpha value is -2.39. The van der Waals surface area contributed by atoms with Gasteiger partial charge in [-0.05, 0) is 35.9 Å². The highest BCUT2D eigenvalue weighted by Gasteiger charge is 2.36. The maximum absolute atomic E-state index is 13.1. The second-order valence-electron chi connectivity index (χ2n) is 4.99. The number of benzene rings is 2. The lowest BCUT2D eigenvalue weighted by Crippen LogP contribution is -2.30. The van der Waals surface area contributed by atoms with E-state index in [2.05, 4.69) is 0 Å². The SMILES string of the molecule is O=C(NS(=O)(=O)/C=C/c1ccccc1Cl)c1ccc(F)cc1C(F)(F)F. The molecule has 2 rings (SSSR count). The third-order valence-corrected chi connectivity index (χ3v) is 4.41. The van der Waals surface area contributed by atoms with Crippen molar-refractivity contribution < 1.29 is 30.8 Å². The molecular formula is C16H10ClF4NO3S. The Balaban J connectivity index is 2.28. The number of carbonyl (C=O) groups excluding carboxylic acids is 1. The Kier molecular flexibility index (Phi) is 5.72. The van der Waals surface area contributed by atoms with Gasteiger partial charge in [0.25, 0.3) is 15.9 Å². The third kappa shape index (κ3) is 5.06. The predicted molar refractivity (Wildman–Crippen MR) is 88.3 cm³/mol. The normalized spacial score (nSPS) is 12.3. The van der Waals surface area contributed by atoms with Crippen molar-refractivity contribution in [1.29, 1.82) is 0 Å². The molecule has 2 aromatic rings. The van der Waals surface area contributed by atoms with E-state index in [1.165, 1.54) is 16.9 Å². The summed E-state index contributed by atoms with van der Waals surface area (Å²) in [4.78, 5) is 11.9. The summed E-state index contributed by atoms with van der Waals surface area (Å²) in [6.45, 7) is 0. The van der Waals surface area contributed by atoms with Gasteiger partial charge in [0.2, 0.25) is 0 Å². The summed E-state index contributed by atoms with van der Waals surface area (Å²) in [7, 11) is -4.42. The molecule has 0 saturated carbocycles. The molecule has 0 aliphatic rings. The van der Waals surface area contributed by atoms with E-state index in [9.17, 15) is 30.8 Å². The zero-order chi connectivity index (χ0) is 19.5. The number of amides is 1. The molecule has 4 nitrogen and oxygen atoms in total. The Morgan fingerprint density at radius 1 is 1.12 bits per heavy atom. The van der Waals surface area contributed by atoms with Gasteiger partial charge >= 0.3 is 6.18 Å². The van der Waals surface area contributed by atoms with Crippen molar-refractivity contribution in [2.24, 2.45) is 0 Å². The summed E-state index contributed by atoms with van der Waals surface area (Å²) < 4.78 is 77.1. The summed E-state index contributed by atoms with van der Waals surface area (Å²) in [6, 6.07) is 7.49. The zero-order valence-electron chi connectivity index (χ0n) is 12.7. The monoisotopic (exact) mass is 407 g/mol. The first-order valence-corrected chi connectivity index (χ1v) is 8.78. The fourth-order valence-corrected chi connectivity index (χ4v) is 2.90. The molecule has 0 aliphatic carbocycles. The molecule has 2 aromatic carbocycles. The first kappa shape index (κ1) is 19.9. The highest BCUT2D eigenvalue weighted by atomic mass is 35.5. The first-order chi connectivity index (χ1) is 12.0. The second-order valence-corrected chi connectivity index (χ2v) is 6.96. The van der Waals surface area contributed by atoms with E-state index in [-0.39, 0.29) is 11.1 Å². The summed E-state index contributed by atoms with van der Waals surface area (Å²) in [6.07, 6.45) is -3.96. The highest BCUT2D eigenvalue weighted by molar-refractivity contribution is 7.93. The van der Waals surface area contributed by atoms with Crippen molar-refractivity contribution in [3.05, 3.63) is 75.4 Å². The summed E-state index contributed by atoms with van der Waals surface area (Å²) in [5, 5.41) is 0.825. The Bertz CT molecular complexity index is 972. The molecule has 0 atom stereocenters. The van der Waals surface area contributed by atoms with Gasteiger partial charge < -0.3 is 0 Å². The van der Waals surface area contributed by atoms with Crippen LogP contribution in [-0.2, 0) is 16.2 Å².